The van der Waals surface area contributed by atoms with Crippen LogP contribution in [-0.2, 0) is 6.54 Å². The molecule has 98 valence electrons. The van der Waals surface area contributed by atoms with Crippen LogP contribution in [-0.4, -0.2) is 31.1 Å². The van der Waals surface area contributed by atoms with E-state index in [2.05, 4.69) is 34.5 Å². The van der Waals surface area contributed by atoms with Crippen LogP contribution in [0.3, 0.4) is 0 Å². The molecule has 1 atom stereocenters. The normalized spacial score (nSPS) is 25.4. The molecular weight excluding hydrogens is 220 g/mol. The van der Waals surface area contributed by atoms with E-state index in [1.165, 1.54) is 56.4 Å². The van der Waals surface area contributed by atoms with Crippen molar-refractivity contribution in [2.24, 2.45) is 0 Å². The van der Waals surface area contributed by atoms with Crippen LogP contribution in [0.1, 0.15) is 42.7 Å². The topological polar surface area (TPSA) is 15.3 Å². The summed E-state index contributed by atoms with van der Waals surface area (Å²) in [7, 11) is 0. The summed E-state index contributed by atoms with van der Waals surface area (Å²) in [5, 5.41) is 3.44. The van der Waals surface area contributed by atoms with Crippen molar-refractivity contribution in [3.8, 4) is 0 Å². The second-order valence-electron chi connectivity index (χ2n) is 5.77. The number of nitrogens with one attached hydrogen (secondary N) is 1. The largest absolute Gasteiger partial charge is 0.316 e. The van der Waals surface area contributed by atoms with Crippen molar-refractivity contribution in [3.63, 3.8) is 0 Å². The molecule has 1 unspecified atom stereocenters. The standard InChI is InChI=1S/C16H24N2/c1-2-10-18(11-3-1)13-14-4-6-15(7-5-14)16-8-9-17-12-16/h4-7,16-17H,1-3,8-13H2. The van der Waals surface area contributed by atoms with E-state index in [0.29, 0.717) is 0 Å². The monoisotopic (exact) mass is 244 g/mol. The number of hydrogen-bond acceptors (Lipinski definition) is 2. The van der Waals surface area contributed by atoms with Gasteiger partial charge in [0.05, 0.1) is 0 Å². The van der Waals surface area contributed by atoms with Gasteiger partial charge in [0.2, 0.25) is 0 Å². The van der Waals surface area contributed by atoms with Crippen LogP contribution in [0.15, 0.2) is 24.3 Å². The lowest BCUT2D eigenvalue weighted by atomic mass is 9.97. The van der Waals surface area contributed by atoms with Crippen LogP contribution < -0.4 is 5.32 Å². The molecular formula is C16H24N2. The summed E-state index contributed by atoms with van der Waals surface area (Å²) in [5.41, 5.74) is 2.99. The quantitative estimate of drug-likeness (QED) is 0.879. The van der Waals surface area contributed by atoms with Crippen LogP contribution in [0.25, 0.3) is 0 Å². The van der Waals surface area contributed by atoms with Crippen molar-refractivity contribution in [1.82, 2.24) is 10.2 Å². The molecule has 1 aromatic carbocycles. The molecule has 3 rings (SSSR count). The van der Waals surface area contributed by atoms with Gasteiger partial charge >= 0.3 is 0 Å². The molecule has 18 heavy (non-hydrogen) atoms. The molecule has 0 radical (unpaired) electrons. The molecule has 0 aromatic heterocycles. The molecule has 0 spiro atoms. The minimum atomic E-state index is 0.744. The van der Waals surface area contributed by atoms with Crippen molar-refractivity contribution in [2.45, 2.75) is 38.1 Å². The highest BCUT2D eigenvalue weighted by Gasteiger charge is 2.16. The van der Waals surface area contributed by atoms with Gasteiger partial charge in [0.15, 0.2) is 0 Å². The second kappa shape index (κ2) is 5.85. The smallest absolute Gasteiger partial charge is 0.0233 e. The summed E-state index contributed by atoms with van der Waals surface area (Å²) in [5.74, 6) is 0.744. The fourth-order valence-electron chi connectivity index (χ4n) is 3.21. The number of hydrogen-bond donors (Lipinski definition) is 1. The first-order valence-corrected chi connectivity index (χ1v) is 7.44. The molecule has 2 fully saturated rings. The molecule has 2 heterocycles. The lowest BCUT2D eigenvalue weighted by Gasteiger charge is -2.26. The third kappa shape index (κ3) is 2.93. The zero-order chi connectivity index (χ0) is 12.2. The summed E-state index contributed by atoms with van der Waals surface area (Å²) in [4.78, 5) is 2.59. The minimum absolute atomic E-state index is 0.744. The summed E-state index contributed by atoms with van der Waals surface area (Å²) in [6.07, 6.45) is 5.48. The Kier molecular flexibility index (Phi) is 3.96. The predicted molar refractivity (Wildman–Crippen MR) is 75.8 cm³/mol. The van der Waals surface area contributed by atoms with Gasteiger partial charge in [-0.1, -0.05) is 30.7 Å². The van der Waals surface area contributed by atoms with Crippen molar-refractivity contribution >= 4 is 0 Å². The molecule has 2 nitrogen and oxygen atoms in total. The average molecular weight is 244 g/mol. The Morgan fingerprint density at radius 2 is 1.83 bits per heavy atom. The summed E-state index contributed by atoms with van der Waals surface area (Å²) in [6.45, 7) is 6.05. The fourth-order valence-corrected chi connectivity index (χ4v) is 3.21. The van der Waals surface area contributed by atoms with Gasteiger partial charge in [-0.25, -0.2) is 0 Å². The highest BCUT2D eigenvalue weighted by Crippen LogP contribution is 2.23. The van der Waals surface area contributed by atoms with E-state index in [1.54, 1.807) is 0 Å². The predicted octanol–water partition coefficient (Wildman–Crippen LogP) is 2.75. The Hall–Kier alpha value is -0.860. The fraction of sp³-hybridized carbons (Fsp3) is 0.625. The highest BCUT2D eigenvalue weighted by atomic mass is 15.1. The third-order valence-electron chi connectivity index (χ3n) is 4.37. The van der Waals surface area contributed by atoms with Crippen molar-refractivity contribution < 1.29 is 0 Å². The molecule has 0 saturated carbocycles. The van der Waals surface area contributed by atoms with Crippen molar-refractivity contribution in [3.05, 3.63) is 35.4 Å². The van der Waals surface area contributed by atoms with Gasteiger partial charge in [-0.2, -0.15) is 0 Å². The van der Waals surface area contributed by atoms with Gasteiger partial charge < -0.3 is 5.32 Å². The number of nitrogens with zero attached hydrogens (tertiary/aromatic N) is 1. The molecule has 2 heteroatoms. The lowest BCUT2D eigenvalue weighted by Crippen LogP contribution is -2.29. The number of rotatable bonds is 3. The van der Waals surface area contributed by atoms with Crippen molar-refractivity contribution in [2.75, 3.05) is 26.2 Å². The van der Waals surface area contributed by atoms with E-state index in [-0.39, 0.29) is 0 Å². The van der Waals surface area contributed by atoms with E-state index in [1.807, 2.05) is 0 Å². The molecule has 2 aliphatic rings. The number of likely N-dealkylation sites (tertiary alicyclic amines) is 1. The van der Waals surface area contributed by atoms with E-state index in [0.717, 1.165) is 19.0 Å². The molecule has 0 aliphatic carbocycles. The van der Waals surface area contributed by atoms with Gasteiger partial charge in [-0.15, -0.1) is 0 Å². The zero-order valence-corrected chi connectivity index (χ0v) is 11.2. The lowest BCUT2D eigenvalue weighted by molar-refractivity contribution is 0.221. The van der Waals surface area contributed by atoms with Gasteiger partial charge in [0.1, 0.15) is 0 Å². The van der Waals surface area contributed by atoms with Gasteiger partial charge in [-0.3, -0.25) is 4.90 Å². The molecule has 2 saturated heterocycles. The maximum Gasteiger partial charge on any atom is 0.0233 e. The van der Waals surface area contributed by atoms with Crippen LogP contribution >= 0.6 is 0 Å². The Bertz CT molecular complexity index is 359. The first kappa shape index (κ1) is 12.2. The Labute approximate surface area is 110 Å². The Morgan fingerprint density at radius 1 is 1.06 bits per heavy atom. The van der Waals surface area contributed by atoms with E-state index < -0.39 is 0 Å². The highest BCUT2D eigenvalue weighted by molar-refractivity contribution is 5.26. The summed E-state index contributed by atoms with van der Waals surface area (Å²) >= 11 is 0. The maximum absolute atomic E-state index is 3.44. The maximum atomic E-state index is 3.44. The Balaban J connectivity index is 1.59. The van der Waals surface area contributed by atoms with Crippen molar-refractivity contribution in [1.29, 1.82) is 0 Å². The van der Waals surface area contributed by atoms with Crippen LogP contribution in [0, 0.1) is 0 Å². The average Bonchev–Trinajstić information content (AvgIpc) is 2.95. The third-order valence-corrected chi connectivity index (χ3v) is 4.37. The molecule has 2 aliphatic heterocycles. The minimum Gasteiger partial charge on any atom is -0.316 e. The second-order valence-corrected chi connectivity index (χ2v) is 5.77. The van der Waals surface area contributed by atoms with E-state index in [4.69, 9.17) is 0 Å². The summed E-state index contributed by atoms with van der Waals surface area (Å²) < 4.78 is 0. The number of benzene rings is 1. The van der Waals surface area contributed by atoms with Crippen LogP contribution in [0.2, 0.25) is 0 Å². The Morgan fingerprint density at radius 3 is 2.50 bits per heavy atom. The molecule has 1 aromatic rings. The van der Waals surface area contributed by atoms with Crippen LogP contribution in [0.5, 0.6) is 0 Å². The number of piperidine rings is 1. The first-order valence-electron chi connectivity index (χ1n) is 7.44. The van der Waals surface area contributed by atoms with Crippen LogP contribution in [0.4, 0.5) is 0 Å². The molecule has 0 bridgehead atoms. The van der Waals surface area contributed by atoms with E-state index in [9.17, 15) is 0 Å². The first-order chi connectivity index (χ1) is 8.92. The van der Waals surface area contributed by atoms with Gasteiger partial charge in [0, 0.05) is 13.1 Å². The van der Waals surface area contributed by atoms with E-state index >= 15 is 0 Å². The zero-order valence-electron chi connectivity index (χ0n) is 11.2. The van der Waals surface area contributed by atoms with Gasteiger partial charge in [-0.05, 0) is 55.9 Å². The van der Waals surface area contributed by atoms with Gasteiger partial charge in [0.25, 0.3) is 0 Å². The summed E-state index contributed by atoms with van der Waals surface area (Å²) in [6, 6.07) is 9.36. The molecule has 0 amide bonds. The SMILES string of the molecule is c1cc(C2CCNC2)ccc1CN1CCCCC1. The molecule has 1 N–H and O–H groups in total.